The minimum Gasteiger partial charge on any atom is -1.00 e. The third kappa shape index (κ3) is 17.2. The first kappa shape index (κ1) is 28.6. The van der Waals surface area contributed by atoms with Crippen molar-refractivity contribution in [2.75, 3.05) is 31.2 Å². The molecule has 0 atom stereocenters. The van der Waals surface area contributed by atoms with Crippen molar-refractivity contribution in [2.24, 2.45) is 0 Å². The van der Waals surface area contributed by atoms with E-state index < -0.39 is 8.16 Å². The van der Waals surface area contributed by atoms with Crippen LogP contribution in [0.3, 0.4) is 0 Å². The third-order valence-corrected chi connectivity index (χ3v) is 2.99. The predicted molar refractivity (Wildman–Crippen MR) is 93.9 cm³/mol. The second kappa shape index (κ2) is 12.1. The Kier molecular flexibility index (Phi) is 11.9. The molecule has 0 saturated carbocycles. The zero-order valence-corrected chi connectivity index (χ0v) is 16.6. The number of rotatable bonds is 7. The van der Waals surface area contributed by atoms with E-state index in [0.717, 1.165) is 11.3 Å². The van der Waals surface area contributed by atoms with Crippen LogP contribution in [-0.2, 0) is 19.1 Å². The van der Waals surface area contributed by atoms with Gasteiger partial charge in [-0.15, -0.1) is 0 Å². The van der Waals surface area contributed by atoms with Gasteiger partial charge >= 0.3 is 46.8 Å². The normalized spacial score (nSPS) is 11.3. The molecule has 14 heteroatoms. The minimum atomic E-state index is -8.55. The van der Waals surface area contributed by atoms with Crippen molar-refractivity contribution in [3.8, 4) is 0 Å². The molecule has 1 aromatic rings. The molecule has 0 aliphatic carbocycles. The molecule has 0 radical (unpaired) electrons. The Labute approximate surface area is 163 Å². The van der Waals surface area contributed by atoms with Gasteiger partial charge in [-0.3, -0.25) is 9.59 Å². The number of ether oxygens (including phenoxy) is 2. The zero-order valence-electron chi connectivity index (χ0n) is 15.8. The fraction of sp³-hybridized carbons (Fsp3) is 0.467. The molecule has 0 aliphatic heterocycles. The van der Waals surface area contributed by atoms with Crippen LogP contribution < -0.4 is 9.60 Å². The first-order valence-electron chi connectivity index (χ1n) is 7.76. The zero-order chi connectivity index (χ0) is 22.0. The van der Waals surface area contributed by atoms with Crippen LogP contribution in [0.15, 0.2) is 18.2 Å². The molecule has 0 saturated heterocycles. The number of nitrogens with zero attached hydrogens (tertiary/aromatic N) is 3. The maximum Gasteiger partial charge on any atom is -1.00 e. The topological polar surface area (TPSA) is 84.0 Å². The predicted octanol–water partition coefficient (Wildman–Crippen LogP) is 2.38. The van der Waals surface area contributed by atoms with Crippen LogP contribution in [0.2, 0.25) is 0 Å². The Hall–Kier alpha value is -2.61. The van der Waals surface area contributed by atoms with Crippen LogP contribution in [0, 0.1) is 12.3 Å². The minimum absolute atomic E-state index is 0. The monoisotopic (exact) mass is 451 g/mol. The fourth-order valence-corrected chi connectivity index (χ4v) is 1.92. The summed E-state index contributed by atoms with van der Waals surface area (Å²) in [6.45, 7) is 5.94. The molecule has 7 nitrogen and oxygen atoms in total. The van der Waals surface area contributed by atoms with Gasteiger partial charge in [-0.2, -0.15) is 0 Å². The third-order valence-electron chi connectivity index (χ3n) is 2.99. The largest absolute Gasteiger partial charge is 1.00 e. The smallest absolute Gasteiger partial charge is 1.00 e. The molecule has 166 valence electrons. The number of esters is 2. The van der Waals surface area contributed by atoms with Crippen LogP contribution in [0.25, 0.3) is 4.98 Å². The standard InChI is InChI=1S/C15H20N3O4.F5P.FH/c1-11-10-14(4-5-15(11)17-16)18(6-8-21-12(2)19)7-9-22-13(3)20;1-6(2,3,4)5;/h4-5,10H,6-9H2,1-3H3;;1H/q+1;;/p-1. The SMILES string of the molecule is CC(=O)OCCN(CCOC(C)=O)c1ccc([N+]#N)c(C)c1.FP(F)(F)(F)F.[F-]. The van der Waals surface area contributed by atoms with Gasteiger partial charge in [0.2, 0.25) is 5.39 Å². The molecular formula is C15H20F6N3O4P. The van der Waals surface area contributed by atoms with Gasteiger partial charge in [-0.1, -0.05) is 0 Å². The summed E-state index contributed by atoms with van der Waals surface area (Å²) in [6.07, 6.45) is 0. The van der Waals surface area contributed by atoms with Gasteiger partial charge < -0.3 is 19.1 Å². The Morgan fingerprint density at radius 1 is 1.03 bits per heavy atom. The van der Waals surface area contributed by atoms with Gasteiger partial charge in [0.15, 0.2) is 4.98 Å². The van der Waals surface area contributed by atoms with Crippen molar-refractivity contribution in [3.05, 3.63) is 28.7 Å². The van der Waals surface area contributed by atoms with Gasteiger partial charge in [0.1, 0.15) is 13.2 Å². The van der Waals surface area contributed by atoms with Gasteiger partial charge in [0, 0.05) is 31.2 Å². The van der Waals surface area contributed by atoms with Crippen molar-refractivity contribution in [2.45, 2.75) is 20.8 Å². The van der Waals surface area contributed by atoms with Crippen LogP contribution in [0.4, 0.5) is 32.4 Å². The van der Waals surface area contributed by atoms with E-state index in [1.165, 1.54) is 13.8 Å². The van der Waals surface area contributed by atoms with Gasteiger partial charge in [0.05, 0.1) is 13.1 Å². The fourth-order valence-electron chi connectivity index (χ4n) is 1.92. The molecule has 0 aromatic heterocycles. The van der Waals surface area contributed by atoms with E-state index >= 15 is 0 Å². The molecule has 1 aromatic carbocycles. The van der Waals surface area contributed by atoms with Crippen LogP contribution >= 0.6 is 8.16 Å². The van der Waals surface area contributed by atoms with Gasteiger partial charge in [-0.25, -0.2) is 0 Å². The second-order valence-electron chi connectivity index (χ2n) is 5.38. The molecule has 0 bridgehead atoms. The molecule has 29 heavy (non-hydrogen) atoms. The van der Waals surface area contributed by atoms with E-state index in [1.54, 1.807) is 12.1 Å². The summed E-state index contributed by atoms with van der Waals surface area (Å²) < 4.78 is 59.1. The van der Waals surface area contributed by atoms with Crippen LogP contribution in [-0.4, -0.2) is 38.2 Å². The Morgan fingerprint density at radius 2 is 1.45 bits per heavy atom. The van der Waals surface area contributed by atoms with Crippen molar-refractivity contribution >= 4 is 31.5 Å². The molecule has 1 rings (SSSR count). The van der Waals surface area contributed by atoms with E-state index in [1.807, 2.05) is 17.9 Å². The number of carbonyl (C=O) groups excluding carboxylic acids is 2. The van der Waals surface area contributed by atoms with Crippen molar-refractivity contribution in [1.82, 2.24) is 0 Å². The Morgan fingerprint density at radius 3 is 1.76 bits per heavy atom. The summed E-state index contributed by atoms with van der Waals surface area (Å²) in [5, 5.41) is 8.85. The Balaban J connectivity index is 0. The molecule has 0 unspecified atom stereocenters. The molecule has 0 N–H and O–H groups in total. The average molecular weight is 451 g/mol. The van der Waals surface area contributed by atoms with E-state index in [0.29, 0.717) is 18.8 Å². The van der Waals surface area contributed by atoms with Gasteiger partial charge in [0.25, 0.3) is 0 Å². The summed E-state index contributed by atoms with van der Waals surface area (Å²) in [4.78, 5) is 26.8. The quantitative estimate of drug-likeness (QED) is 0.274. The second-order valence-corrected chi connectivity index (χ2v) is 6.65. The summed E-state index contributed by atoms with van der Waals surface area (Å²) in [5.41, 5.74) is 2.16. The first-order chi connectivity index (χ1) is 12.7. The number of carbonyl (C=O) groups is 2. The number of aryl methyl sites for hydroxylation is 1. The number of diazo groups is 1. The number of hydrogen-bond acceptors (Lipinski definition) is 6. The average Bonchev–Trinajstić information content (AvgIpc) is 2.50. The molecular weight excluding hydrogens is 431 g/mol. The van der Waals surface area contributed by atoms with E-state index in [2.05, 4.69) is 4.98 Å². The van der Waals surface area contributed by atoms with Gasteiger partial charge in [-0.05, 0) is 19.1 Å². The molecule has 0 aliphatic rings. The maximum atomic E-state index is 10.9. The number of hydrogen-bond donors (Lipinski definition) is 0. The Bertz CT molecular complexity index is 700. The maximum absolute atomic E-state index is 10.9. The number of benzene rings is 1. The summed E-state index contributed by atoms with van der Waals surface area (Å²) in [5.74, 6) is -0.684. The molecule has 0 amide bonds. The summed E-state index contributed by atoms with van der Waals surface area (Å²) >= 11 is 0. The summed E-state index contributed by atoms with van der Waals surface area (Å²) in [7, 11) is -8.55. The van der Waals surface area contributed by atoms with E-state index in [9.17, 15) is 30.6 Å². The molecule has 0 heterocycles. The number of halogens is 6. The van der Waals surface area contributed by atoms with Crippen molar-refractivity contribution in [3.63, 3.8) is 0 Å². The molecule has 0 fully saturated rings. The van der Waals surface area contributed by atoms with E-state index in [-0.39, 0.29) is 29.9 Å². The van der Waals surface area contributed by atoms with Crippen molar-refractivity contribution in [1.29, 1.82) is 5.39 Å². The van der Waals surface area contributed by atoms with Crippen molar-refractivity contribution < 1.29 is 44.8 Å². The van der Waals surface area contributed by atoms with E-state index in [4.69, 9.17) is 14.9 Å². The first-order valence-corrected chi connectivity index (χ1v) is 9.45. The summed E-state index contributed by atoms with van der Waals surface area (Å²) in [6, 6.07) is 5.34. The van der Waals surface area contributed by atoms with Crippen LogP contribution in [0.1, 0.15) is 19.4 Å². The number of anilines is 1. The van der Waals surface area contributed by atoms with Crippen LogP contribution in [0.5, 0.6) is 0 Å². The molecule has 0 spiro atoms.